The SMILES string of the molecule is CC1(C)c2cc(-c3ccccc3)ccc2-c2c(Nc3cccc4c3ccc3ccccc34)cccc21. The molecule has 1 nitrogen and oxygen atoms in total. The van der Waals surface area contributed by atoms with Gasteiger partial charge in [0.25, 0.3) is 0 Å². The number of rotatable bonds is 3. The van der Waals surface area contributed by atoms with Crippen molar-refractivity contribution in [3.05, 3.63) is 132 Å². The first-order valence-corrected chi connectivity index (χ1v) is 12.6. The maximum atomic E-state index is 3.84. The van der Waals surface area contributed by atoms with Crippen LogP contribution in [0.2, 0.25) is 0 Å². The summed E-state index contributed by atoms with van der Waals surface area (Å²) in [6, 6.07) is 44.0. The Morgan fingerprint density at radius 2 is 1.25 bits per heavy atom. The Hall–Kier alpha value is -4.36. The first kappa shape index (κ1) is 21.0. The molecule has 0 unspecified atom stereocenters. The lowest BCUT2D eigenvalue weighted by Gasteiger charge is -2.22. The first-order valence-electron chi connectivity index (χ1n) is 12.6. The van der Waals surface area contributed by atoms with Gasteiger partial charge in [-0.1, -0.05) is 117 Å². The van der Waals surface area contributed by atoms with Crippen LogP contribution in [-0.2, 0) is 5.41 Å². The van der Waals surface area contributed by atoms with Gasteiger partial charge in [0.1, 0.15) is 0 Å². The number of nitrogens with one attached hydrogen (secondary N) is 1. The molecule has 0 aromatic heterocycles. The zero-order valence-corrected chi connectivity index (χ0v) is 20.5. The van der Waals surface area contributed by atoms with E-state index < -0.39 is 0 Å². The highest BCUT2D eigenvalue weighted by Gasteiger charge is 2.37. The molecule has 172 valence electrons. The molecule has 1 heteroatoms. The summed E-state index contributed by atoms with van der Waals surface area (Å²) in [6.45, 7) is 4.69. The fourth-order valence-corrected chi connectivity index (χ4v) is 6.00. The van der Waals surface area contributed by atoms with Crippen LogP contribution in [0.3, 0.4) is 0 Å². The molecule has 0 saturated heterocycles. The molecule has 1 aliphatic rings. The fourth-order valence-electron chi connectivity index (χ4n) is 6.00. The average Bonchev–Trinajstić information content (AvgIpc) is 3.16. The monoisotopic (exact) mass is 461 g/mol. The normalized spacial score (nSPS) is 13.5. The van der Waals surface area contributed by atoms with Crippen molar-refractivity contribution in [1.29, 1.82) is 0 Å². The highest BCUT2D eigenvalue weighted by molar-refractivity contribution is 6.12. The van der Waals surface area contributed by atoms with Crippen molar-refractivity contribution in [3.8, 4) is 22.3 Å². The van der Waals surface area contributed by atoms with E-state index in [4.69, 9.17) is 0 Å². The van der Waals surface area contributed by atoms with Gasteiger partial charge < -0.3 is 5.32 Å². The van der Waals surface area contributed by atoms with E-state index in [1.807, 2.05) is 0 Å². The molecule has 0 fully saturated rings. The Kier molecular flexibility index (Phi) is 4.56. The van der Waals surface area contributed by atoms with Gasteiger partial charge in [0.2, 0.25) is 0 Å². The van der Waals surface area contributed by atoms with E-state index >= 15 is 0 Å². The van der Waals surface area contributed by atoms with Gasteiger partial charge in [-0.05, 0) is 62.2 Å². The van der Waals surface area contributed by atoms with Crippen LogP contribution in [-0.4, -0.2) is 0 Å². The molecule has 0 amide bonds. The van der Waals surface area contributed by atoms with Gasteiger partial charge in [0, 0.05) is 27.7 Å². The third kappa shape index (κ3) is 3.09. The molecule has 0 bridgehead atoms. The molecule has 1 N–H and O–H groups in total. The van der Waals surface area contributed by atoms with Crippen molar-refractivity contribution >= 4 is 32.9 Å². The summed E-state index contributed by atoms with van der Waals surface area (Å²) in [5, 5.41) is 8.91. The predicted octanol–water partition coefficient (Wildman–Crippen LogP) is 9.71. The van der Waals surface area contributed by atoms with Crippen LogP contribution in [0.15, 0.2) is 121 Å². The summed E-state index contributed by atoms with van der Waals surface area (Å²) >= 11 is 0. The van der Waals surface area contributed by atoms with Crippen LogP contribution in [0.1, 0.15) is 25.0 Å². The summed E-state index contributed by atoms with van der Waals surface area (Å²) in [6.07, 6.45) is 0. The number of hydrogen-bond donors (Lipinski definition) is 1. The Bertz CT molecular complexity index is 1780. The van der Waals surface area contributed by atoms with Gasteiger partial charge >= 0.3 is 0 Å². The summed E-state index contributed by atoms with van der Waals surface area (Å²) < 4.78 is 0. The molecule has 0 saturated carbocycles. The number of fused-ring (bicyclic) bond motifs is 6. The fraction of sp³-hybridized carbons (Fsp3) is 0.0857. The average molecular weight is 462 g/mol. The molecule has 36 heavy (non-hydrogen) atoms. The first-order chi connectivity index (χ1) is 17.6. The van der Waals surface area contributed by atoms with Gasteiger partial charge in [-0.3, -0.25) is 0 Å². The highest BCUT2D eigenvalue weighted by atomic mass is 14.9. The number of anilines is 2. The van der Waals surface area contributed by atoms with E-state index in [-0.39, 0.29) is 5.41 Å². The van der Waals surface area contributed by atoms with Gasteiger partial charge in [0.15, 0.2) is 0 Å². The molecule has 0 radical (unpaired) electrons. The van der Waals surface area contributed by atoms with Crippen LogP contribution in [0.25, 0.3) is 43.8 Å². The molecule has 0 aliphatic heterocycles. The second kappa shape index (κ2) is 7.83. The summed E-state index contributed by atoms with van der Waals surface area (Å²) in [7, 11) is 0. The standard InChI is InChI=1S/C35H27N/c1-35(2)30-15-9-17-33(34(30)29-21-19-25(22-31(29)35)23-10-4-3-5-11-23)36-32-16-8-14-27-26-13-7-6-12-24(26)18-20-28(27)32/h3-22,36H,1-2H3. The molecule has 6 aromatic rings. The lowest BCUT2D eigenvalue weighted by molar-refractivity contribution is 0.661. The molecule has 7 rings (SSSR count). The van der Waals surface area contributed by atoms with Gasteiger partial charge in [0.05, 0.1) is 0 Å². The van der Waals surface area contributed by atoms with Crippen LogP contribution in [0.4, 0.5) is 11.4 Å². The minimum absolute atomic E-state index is 0.0674. The molecule has 1 aliphatic carbocycles. The molecule has 0 spiro atoms. The van der Waals surface area contributed by atoms with E-state index in [1.54, 1.807) is 0 Å². The highest BCUT2D eigenvalue weighted by Crippen LogP contribution is 2.52. The van der Waals surface area contributed by atoms with E-state index in [9.17, 15) is 0 Å². The molecular formula is C35H27N. The van der Waals surface area contributed by atoms with E-state index in [2.05, 4.69) is 140 Å². The zero-order chi connectivity index (χ0) is 24.3. The van der Waals surface area contributed by atoms with Crippen molar-refractivity contribution < 1.29 is 0 Å². The summed E-state index contributed by atoms with van der Waals surface area (Å²) in [4.78, 5) is 0. The van der Waals surface area contributed by atoms with Crippen molar-refractivity contribution in [1.82, 2.24) is 0 Å². The van der Waals surface area contributed by atoms with Crippen molar-refractivity contribution in [2.24, 2.45) is 0 Å². The van der Waals surface area contributed by atoms with Gasteiger partial charge in [-0.2, -0.15) is 0 Å². The topological polar surface area (TPSA) is 12.0 Å². The molecule has 0 atom stereocenters. The molecule has 6 aromatic carbocycles. The van der Waals surface area contributed by atoms with Crippen LogP contribution < -0.4 is 5.32 Å². The zero-order valence-electron chi connectivity index (χ0n) is 20.5. The third-order valence-corrected chi connectivity index (χ3v) is 7.86. The molecular weight excluding hydrogens is 434 g/mol. The van der Waals surface area contributed by atoms with E-state index in [1.165, 1.54) is 54.9 Å². The second-order valence-electron chi connectivity index (χ2n) is 10.3. The van der Waals surface area contributed by atoms with Crippen LogP contribution in [0, 0.1) is 0 Å². The van der Waals surface area contributed by atoms with E-state index in [0.717, 1.165) is 11.4 Å². The lowest BCUT2D eigenvalue weighted by atomic mass is 9.81. The summed E-state index contributed by atoms with van der Waals surface area (Å²) in [5.41, 5.74) is 10.2. The maximum Gasteiger partial charge on any atom is 0.0467 e. The predicted molar refractivity (Wildman–Crippen MR) is 154 cm³/mol. The Labute approximate surface area is 212 Å². The molecule has 0 heterocycles. The van der Waals surface area contributed by atoms with Gasteiger partial charge in [-0.25, -0.2) is 0 Å². The summed E-state index contributed by atoms with van der Waals surface area (Å²) in [5.74, 6) is 0. The van der Waals surface area contributed by atoms with Crippen molar-refractivity contribution in [2.75, 3.05) is 5.32 Å². The Balaban J connectivity index is 1.38. The Morgan fingerprint density at radius 3 is 2.14 bits per heavy atom. The number of hydrogen-bond acceptors (Lipinski definition) is 1. The minimum atomic E-state index is -0.0674. The van der Waals surface area contributed by atoms with Gasteiger partial charge in [-0.15, -0.1) is 0 Å². The minimum Gasteiger partial charge on any atom is -0.355 e. The Morgan fingerprint density at radius 1 is 0.500 bits per heavy atom. The smallest absolute Gasteiger partial charge is 0.0467 e. The quantitative estimate of drug-likeness (QED) is 0.259. The van der Waals surface area contributed by atoms with Crippen LogP contribution >= 0.6 is 0 Å². The van der Waals surface area contributed by atoms with Crippen molar-refractivity contribution in [2.45, 2.75) is 19.3 Å². The lowest BCUT2D eigenvalue weighted by Crippen LogP contribution is -2.15. The van der Waals surface area contributed by atoms with Crippen molar-refractivity contribution in [3.63, 3.8) is 0 Å². The third-order valence-electron chi connectivity index (χ3n) is 7.86. The maximum absolute atomic E-state index is 3.84. The second-order valence-corrected chi connectivity index (χ2v) is 10.3. The largest absolute Gasteiger partial charge is 0.355 e. The van der Waals surface area contributed by atoms with Crippen LogP contribution in [0.5, 0.6) is 0 Å². The van der Waals surface area contributed by atoms with E-state index in [0.29, 0.717) is 0 Å². The number of benzene rings is 6.